The summed E-state index contributed by atoms with van der Waals surface area (Å²) in [6.07, 6.45) is 4.44. The molecule has 1 aliphatic carbocycles. The lowest BCUT2D eigenvalue weighted by Gasteiger charge is -2.11. The number of nitrogens with one attached hydrogen (secondary N) is 1. The van der Waals surface area contributed by atoms with E-state index in [2.05, 4.69) is 10.3 Å². The molecule has 0 spiro atoms. The van der Waals surface area contributed by atoms with Gasteiger partial charge in [0.25, 0.3) is 0 Å². The molecule has 1 N–H and O–H groups in total. The Labute approximate surface area is 93.8 Å². The molecule has 0 saturated heterocycles. The largest absolute Gasteiger partial charge is 0.310 e. The number of anilines is 1. The first kappa shape index (κ1) is 10.4. The SMILES string of the molecule is CCC1(C(=O)Nc2cc(Cl)ccn2)CC1. The minimum atomic E-state index is -0.135. The van der Waals surface area contributed by atoms with Gasteiger partial charge in [0.15, 0.2) is 0 Å². The number of hydrogen-bond donors (Lipinski definition) is 1. The van der Waals surface area contributed by atoms with E-state index in [-0.39, 0.29) is 11.3 Å². The van der Waals surface area contributed by atoms with Gasteiger partial charge in [-0.15, -0.1) is 0 Å². The lowest BCUT2D eigenvalue weighted by Crippen LogP contribution is -2.23. The Morgan fingerprint density at radius 3 is 2.93 bits per heavy atom. The summed E-state index contributed by atoms with van der Waals surface area (Å²) < 4.78 is 0. The van der Waals surface area contributed by atoms with Crippen molar-refractivity contribution in [3.8, 4) is 0 Å². The molecule has 80 valence electrons. The molecule has 2 rings (SSSR count). The fourth-order valence-electron chi connectivity index (χ4n) is 1.61. The van der Waals surface area contributed by atoms with Crippen LogP contribution in [0.5, 0.6) is 0 Å². The molecule has 1 heterocycles. The third-order valence-electron chi connectivity index (χ3n) is 2.98. The average Bonchev–Trinajstić information content (AvgIpc) is 2.98. The normalized spacial score (nSPS) is 17.2. The maximum Gasteiger partial charge on any atom is 0.231 e. The highest BCUT2D eigenvalue weighted by Crippen LogP contribution is 2.49. The van der Waals surface area contributed by atoms with Gasteiger partial charge in [-0.25, -0.2) is 4.98 Å². The van der Waals surface area contributed by atoms with Gasteiger partial charge in [0, 0.05) is 16.6 Å². The predicted molar refractivity (Wildman–Crippen MR) is 59.8 cm³/mol. The number of aromatic nitrogens is 1. The van der Waals surface area contributed by atoms with E-state index in [0.29, 0.717) is 10.8 Å². The van der Waals surface area contributed by atoms with Crippen LogP contribution in [0, 0.1) is 5.41 Å². The van der Waals surface area contributed by atoms with Crippen molar-refractivity contribution in [2.75, 3.05) is 5.32 Å². The van der Waals surface area contributed by atoms with Crippen molar-refractivity contribution in [1.29, 1.82) is 0 Å². The van der Waals surface area contributed by atoms with E-state index in [9.17, 15) is 4.79 Å². The van der Waals surface area contributed by atoms with Gasteiger partial charge in [-0.05, 0) is 31.4 Å². The van der Waals surface area contributed by atoms with Crippen LogP contribution in [-0.2, 0) is 4.79 Å². The zero-order valence-electron chi connectivity index (χ0n) is 8.59. The Balaban J connectivity index is 2.06. The molecule has 1 amide bonds. The summed E-state index contributed by atoms with van der Waals surface area (Å²) in [6, 6.07) is 3.34. The lowest BCUT2D eigenvalue weighted by molar-refractivity contribution is -0.121. The molecule has 1 saturated carbocycles. The molecule has 0 aliphatic heterocycles. The number of carbonyl (C=O) groups is 1. The fraction of sp³-hybridized carbons (Fsp3) is 0.455. The highest BCUT2D eigenvalue weighted by molar-refractivity contribution is 6.30. The first-order valence-corrected chi connectivity index (χ1v) is 5.47. The van der Waals surface area contributed by atoms with E-state index in [4.69, 9.17) is 11.6 Å². The second-order valence-electron chi connectivity index (χ2n) is 3.95. The summed E-state index contributed by atoms with van der Waals surface area (Å²) in [5.41, 5.74) is -0.135. The van der Waals surface area contributed by atoms with E-state index >= 15 is 0 Å². The van der Waals surface area contributed by atoms with Crippen LogP contribution in [0.1, 0.15) is 26.2 Å². The molecule has 1 aromatic heterocycles. The topological polar surface area (TPSA) is 42.0 Å². The minimum absolute atomic E-state index is 0.0692. The van der Waals surface area contributed by atoms with Crippen LogP contribution < -0.4 is 5.32 Å². The van der Waals surface area contributed by atoms with Gasteiger partial charge < -0.3 is 5.32 Å². The third-order valence-corrected chi connectivity index (χ3v) is 3.21. The lowest BCUT2D eigenvalue weighted by atomic mass is 10.0. The fourth-order valence-corrected chi connectivity index (χ4v) is 1.77. The predicted octanol–water partition coefficient (Wildman–Crippen LogP) is 2.86. The van der Waals surface area contributed by atoms with Gasteiger partial charge in [0.05, 0.1) is 0 Å². The Hall–Kier alpha value is -1.09. The van der Waals surface area contributed by atoms with Crippen molar-refractivity contribution in [1.82, 2.24) is 4.98 Å². The van der Waals surface area contributed by atoms with Crippen molar-refractivity contribution < 1.29 is 4.79 Å². The van der Waals surface area contributed by atoms with Crippen molar-refractivity contribution in [2.24, 2.45) is 5.41 Å². The number of carbonyl (C=O) groups excluding carboxylic acids is 1. The molecule has 0 unspecified atom stereocenters. The number of nitrogens with zero attached hydrogens (tertiary/aromatic N) is 1. The van der Waals surface area contributed by atoms with Crippen molar-refractivity contribution in [3.63, 3.8) is 0 Å². The number of amides is 1. The maximum absolute atomic E-state index is 11.8. The number of halogens is 1. The van der Waals surface area contributed by atoms with E-state index in [1.165, 1.54) is 0 Å². The molecular weight excluding hydrogens is 212 g/mol. The van der Waals surface area contributed by atoms with Crippen LogP contribution in [0.25, 0.3) is 0 Å². The first-order chi connectivity index (χ1) is 7.16. The van der Waals surface area contributed by atoms with Crippen LogP contribution in [0.15, 0.2) is 18.3 Å². The molecule has 1 aromatic rings. The van der Waals surface area contributed by atoms with Gasteiger partial charge in [-0.2, -0.15) is 0 Å². The monoisotopic (exact) mass is 224 g/mol. The van der Waals surface area contributed by atoms with Crippen LogP contribution in [0.4, 0.5) is 5.82 Å². The zero-order chi connectivity index (χ0) is 10.9. The van der Waals surface area contributed by atoms with E-state index < -0.39 is 0 Å². The number of hydrogen-bond acceptors (Lipinski definition) is 2. The Kier molecular flexibility index (Phi) is 2.65. The first-order valence-electron chi connectivity index (χ1n) is 5.09. The smallest absolute Gasteiger partial charge is 0.231 e. The Bertz CT molecular complexity index is 388. The number of rotatable bonds is 3. The Morgan fingerprint density at radius 1 is 1.67 bits per heavy atom. The van der Waals surface area contributed by atoms with E-state index in [0.717, 1.165) is 19.3 Å². The summed E-state index contributed by atoms with van der Waals surface area (Å²) in [7, 11) is 0. The third kappa shape index (κ3) is 2.12. The molecule has 0 atom stereocenters. The Morgan fingerprint density at radius 2 is 2.40 bits per heavy atom. The molecule has 3 nitrogen and oxygen atoms in total. The average molecular weight is 225 g/mol. The molecule has 4 heteroatoms. The molecule has 1 aliphatic rings. The van der Waals surface area contributed by atoms with Crippen molar-refractivity contribution >= 4 is 23.3 Å². The molecular formula is C11H13ClN2O. The van der Waals surface area contributed by atoms with Crippen molar-refractivity contribution in [2.45, 2.75) is 26.2 Å². The highest BCUT2D eigenvalue weighted by atomic mass is 35.5. The standard InChI is InChI=1S/C11H13ClN2O/c1-2-11(4-5-11)10(15)14-9-7-8(12)3-6-13-9/h3,6-7H,2,4-5H2,1H3,(H,13,14,15). The van der Waals surface area contributed by atoms with Gasteiger partial charge >= 0.3 is 0 Å². The summed E-state index contributed by atoms with van der Waals surface area (Å²) >= 11 is 5.80. The highest BCUT2D eigenvalue weighted by Gasteiger charge is 2.47. The van der Waals surface area contributed by atoms with Gasteiger partial charge in [-0.1, -0.05) is 18.5 Å². The van der Waals surface area contributed by atoms with Crippen LogP contribution in [-0.4, -0.2) is 10.9 Å². The van der Waals surface area contributed by atoms with Gasteiger partial charge in [-0.3, -0.25) is 4.79 Å². The summed E-state index contributed by atoms with van der Waals surface area (Å²) in [5, 5.41) is 3.39. The van der Waals surface area contributed by atoms with Crippen LogP contribution in [0.3, 0.4) is 0 Å². The maximum atomic E-state index is 11.8. The van der Waals surface area contributed by atoms with Gasteiger partial charge in [0.1, 0.15) is 5.82 Å². The van der Waals surface area contributed by atoms with E-state index in [1.54, 1.807) is 18.3 Å². The molecule has 15 heavy (non-hydrogen) atoms. The quantitative estimate of drug-likeness (QED) is 0.858. The molecule has 0 aromatic carbocycles. The summed E-state index contributed by atoms with van der Waals surface area (Å²) in [6.45, 7) is 2.04. The van der Waals surface area contributed by atoms with Crippen molar-refractivity contribution in [3.05, 3.63) is 23.4 Å². The van der Waals surface area contributed by atoms with Crippen LogP contribution >= 0.6 is 11.6 Å². The number of pyridine rings is 1. The zero-order valence-corrected chi connectivity index (χ0v) is 9.34. The summed E-state index contributed by atoms with van der Waals surface area (Å²) in [5.74, 6) is 0.604. The summed E-state index contributed by atoms with van der Waals surface area (Å²) in [4.78, 5) is 15.9. The molecule has 1 fully saturated rings. The van der Waals surface area contributed by atoms with Crippen LogP contribution in [0.2, 0.25) is 5.02 Å². The second kappa shape index (κ2) is 3.81. The molecule has 0 radical (unpaired) electrons. The second-order valence-corrected chi connectivity index (χ2v) is 4.38. The minimum Gasteiger partial charge on any atom is -0.310 e. The van der Waals surface area contributed by atoms with E-state index in [1.807, 2.05) is 6.92 Å². The molecule has 0 bridgehead atoms. The van der Waals surface area contributed by atoms with Gasteiger partial charge in [0.2, 0.25) is 5.91 Å².